The largest absolute Gasteiger partial charge is 0.438 e. The molecule has 0 amide bonds. The Morgan fingerprint density at radius 1 is 1.20 bits per heavy atom. The van der Waals surface area contributed by atoms with Crippen LogP contribution >= 0.6 is 0 Å². The molecule has 1 saturated carbocycles. The topological polar surface area (TPSA) is 50.5 Å². The van der Waals surface area contributed by atoms with Gasteiger partial charge >= 0.3 is 0 Å². The van der Waals surface area contributed by atoms with Gasteiger partial charge in [0.25, 0.3) is 0 Å². The van der Waals surface area contributed by atoms with Crippen molar-refractivity contribution in [3.8, 4) is 17.3 Å². The number of hydrogen-bond donors (Lipinski definition) is 1. The third-order valence-corrected chi connectivity index (χ3v) is 5.27. The maximum atomic E-state index is 13.8. The predicted molar refractivity (Wildman–Crippen MR) is 114 cm³/mol. The molecule has 5 nitrogen and oxygen atoms in total. The van der Waals surface area contributed by atoms with Crippen LogP contribution < -0.4 is 4.74 Å². The minimum atomic E-state index is -0.416. The number of nitrogens with zero attached hydrogens (tertiary/aromatic N) is 3. The molecule has 1 heterocycles. The Bertz CT molecular complexity index is 979. The molecule has 0 spiro atoms. The van der Waals surface area contributed by atoms with Gasteiger partial charge in [-0.2, -0.15) is 5.10 Å². The van der Waals surface area contributed by atoms with E-state index >= 15 is 0 Å². The molecule has 0 aliphatic heterocycles. The maximum absolute atomic E-state index is 13.8. The van der Waals surface area contributed by atoms with Crippen LogP contribution in [-0.2, 0) is 6.54 Å². The molecule has 1 N–H and O–H groups in total. The smallest absolute Gasteiger partial charge is 0.227 e. The molecule has 4 rings (SSSR count). The van der Waals surface area contributed by atoms with E-state index in [0.29, 0.717) is 30.6 Å². The molecule has 3 aromatic rings. The molecule has 0 radical (unpaired) electrons. The van der Waals surface area contributed by atoms with Crippen molar-refractivity contribution in [2.75, 3.05) is 13.1 Å². The van der Waals surface area contributed by atoms with Crippen molar-refractivity contribution in [1.82, 2.24) is 14.7 Å². The standard InChI is InChI=1S/C24H28FN3O2/c1-17(29)14-27(15-19-11-12-19)16-23-18(2)26-28(21-8-4-3-5-9-21)24(23)30-22-10-6-7-20(25)13-22/h3-10,13,17,19,29H,11-12,14-16H2,1-2H3. The third kappa shape index (κ3) is 5.07. The second-order valence-corrected chi connectivity index (χ2v) is 8.16. The first-order chi connectivity index (χ1) is 14.5. The van der Waals surface area contributed by atoms with Crippen molar-refractivity contribution in [3.63, 3.8) is 0 Å². The SMILES string of the molecule is Cc1nn(-c2ccccc2)c(Oc2cccc(F)c2)c1CN(CC(C)O)CC1CC1. The van der Waals surface area contributed by atoms with Gasteiger partial charge in [0.2, 0.25) is 5.88 Å². The highest BCUT2D eigenvalue weighted by Crippen LogP contribution is 2.34. The quantitative estimate of drug-likeness (QED) is 0.556. The molecule has 2 aromatic carbocycles. The molecule has 1 aliphatic carbocycles. The number of halogens is 1. The molecule has 6 heteroatoms. The van der Waals surface area contributed by atoms with Gasteiger partial charge in [-0.15, -0.1) is 0 Å². The first-order valence-electron chi connectivity index (χ1n) is 10.5. The van der Waals surface area contributed by atoms with Crippen LogP contribution in [0.4, 0.5) is 4.39 Å². The summed E-state index contributed by atoms with van der Waals surface area (Å²) in [5, 5.41) is 14.7. The van der Waals surface area contributed by atoms with Gasteiger partial charge < -0.3 is 9.84 Å². The normalized spacial score (nSPS) is 14.8. The molecular formula is C24H28FN3O2. The van der Waals surface area contributed by atoms with Gasteiger partial charge in [-0.1, -0.05) is 24.3 Å². The summed E-state index contributed by atoms with van der Waals surface area (Å²) >= 11 is 0. The number of hydrogen-bond acceptors (Lipinski definition) is 4. The van der Waals surface area contributed by atoms with Crippen LogP contribution in [0.3, 0.4) is 0 Å². The number of aromatic nitrogens is 2. The van der Waals surface area contributed by atoms with Crippen LogP contribution in [0.25, 0.3) is 5.69 Å². The zero-order valence-corrected chi connectivity index (χ0v) is 17.5. The number of aliphatic hydroxyl groups excluding tert-OH is 1. The van der Waals surface area contributed by atoms with E-state index < -0.39 is 6.10 Å². The van der Waals surface area contributed by atoms with Gasteiger partial charge in [0.1, 0.15) is 11.6 Å². The number of aliphatic hydroxyl groups is 1. The van der Waals surface area contributed by atoms with Gasteiger partial charge in [-0.05, 0) is 56.9 Å². The minimum Gasteiger partial charge on any atom is -0.438 e. The Hall–Kier alpha value is -2.70. The lowest BCUT2D eigenvalue weighted by molar-refractivity contribution is 0.118. The summed E-state index contributed by atoms with van der Waals surface area (Å²) in [4.78, 5) is 2.26. The predicted octanol–water partition coefficient (Wildman–Crippen LogP) is 4.70. The molecule has 30 heavy (non-hydrogen) atoms. The molecular weight excluding hydrogens is 381 g/mol. The first-order valence-corrected chi connectivity index (χ1v) is 10.5. The van der Waals surface area contributed by atoms with Crippen LogP contribution in [0.1, 0.15) is 31.0 Å². The summed E-state index contributed by atoms with van der Waals surface area (Å²) in [6.45, 7) is 5.92. The Balaban J connectivity index is 1.71. The number of aryl methyl sites for hydroxylation is 1. The number of para-hydroxylation sites is 1. The summed E-state index contributed by atoms with van der Waals surface area (Å²) in [6.07, 6.45) is 2.07. The van der Waals surface area contributed by atoms with Crippen LogP contribution in [0.5, 0.6) is 11.6 Å². The van der Waals surface area contributed by atoms with Gasteiger partial charge in [0, 0.05) is 25.7 Å². The average molecular weight is 410 g/mol. The molecule has 1 aromatic heterocycles. The van der Waals surface area contributed by atoms with Crippen LogP contribution in [0.2, 0.25) is 0 Å². The summed E-state index contributed by atoms with van der Waals surface area (Å²) in [6, 6.07) is 15.9. The molecule has 1 aliphatic rings. The van der Waals surface area contributed by atoms with E-state index in [1.165, 1.54) is 25.0 Å². The molecule has 1 atom stereocenters. The number of benzene rings is 2. The van der Waals surface area contributed by atoms with Gasteiger partial charge in [0.05, 0.1) is 23.0 Å². The van der Waals surface area contributed by atoms with E-state index in [9.17, 15) is 9.50 Å². The second kappa shape index (κ2) is 8.98. The van der Waals surface area contributed by atoms with E-state index in [1.54, 1.807) is 16.8 Å². The van der Waals surface area contributed by atoms with E-state index in [0.717, 1.165) is 23.5 Å². The molecule has 0 saturated heterocycles. The lowest BCUT2D eigenvalue weighted by Gasteiger charge is -2.24. The van der Waals surface area contributed by atoms with Gasteiger partial charge in [0.15, 0.2) is 0 Å². The molecule has 158 valence electrons. The average Bonchev–Trinajstić information content (AvgIpc) is 3.47. The first kappa shape index (κ1) is 20.6. The molecule has 1 fully saturated rings. The van der Waals surface area contributed by atoms with Crippen molar-refractivity contribution < 1.29 is 14.2 Å². The number of rotatable bonds is 9. The highest BCUT2D eigenvalue weighted by atomic mass is 19.1. The Labute approximate surface area is 176 Å². The zero-order chi connectivity index (χ0) is 21.1. The summed E-state index contributed by atoms with van der Waals surface area (Å²) in [5.74, 6) is 1.36. The second-order valence-electron chi connectivity index (χ2n) is 8.16. The highest BCUT2D eigenvalue weighted by molar-refractivity contribution is 5.43. The van der Waals surface area contributed by atoms with Crippen LogP contribution in [-0.4, -0.2) is 39.0 Å². The van der Waals surface area contributed by atoms with Gasteiger partial charge in [-0.3, -0.25) is 4.90 Å². The van der Waals surface area contributed by atoms with E-state index in [2.05, 4.69) is 4.90 Å². The fraction of sp³-hybridized carbons (Fsp3) is 0.375. The van der Waals surface area contributed by atoms with E-state index in [1.807, 2.05) is 44.2 Å². The van der Waals surface area contributed by atoms with Crippen molar-refractivity contribution in [1.29, 1.82) is 0 Å². The molecule has 1 unspecified atom stereocenters. The van der Waals surface area contributed by atoms with Crippen molar-refractivity contribution in [2.45, 2.75) is 39.3 Å². The van der Waals surface area contributed by atoms with Crippen molar-refractivity contribution >= 4 is 0 Å². The highest BCUT2D eigenvalue weighted by Gasteiger charge is 2.27. The zero-order valence-electron chi connectivity index (χ0n) is 17.5. The van der Waals surface area contributed by atoms with E-state index in [4.69, 9.17) is 9.84 Å². The Morgan fingerprint density at radius 2 is 1.97 bits per heavy atom. The Kier molecular flexibility index (Phi) is 6.16. The fourth-order valence-corrected chi connectivity index (χ4v) is 3.68. The summed E-state index contributed by atoms with van der Waals surface area (Å²) in [5.41, 5.74) is 2.68. The monoisotopic (exact) mass is 409 g/mol. The van der Waals surface area contributed by atoms with Crippen LogP contribution in [0, 0.1) is 18.7 Å². The summed E-state index contributed by atoms with van der Waals surface area (Å²) < 4.78 is 21.7. The number of ether oxygens (including phenoxy) is 1. The van der Waals surface area contributed by atoms with Gasteiger partial charge in [-0.25, -0.2) is 9.07 Å². The lowest BCUT2D eigenvalue weighted by Crippen LogP contribution is -2.32. The van der Waals surface area contributed by atoms with E-state index in [-0.39, 0.29) is 5.82 Å². The van der Waals surface area contributed by atoms with Crippen molar-refractivity contribution in [2.24, 2.45) is 5.92 Å². The molecule has 0 bridgehead atoms. The summed E-state index contributed by atoms with van der Waals surface area (Å²) in [7, 11) is 0. The van der Waals surface area contributed by atoms with Crippen molar-refractivity contribution in [3.05, 3.63) is 71.7 Å². The Morgan fingerprint density at radius 3 is 2.63 bits per heavy atom. The fourth-order valence-electron chi connectivity index (χ4n) is 3.68. The lowest BCUT2D eigenvalue weighted by atomic mass is 10.2. The maximum Gasteiger partial charge on any atom is 0.227 e. The van der Waals surface area contributed by atoms with Crippen LogP contribution in [0.15, 0.2) is 54.6 Å². The minimum absolute atomic E-state index is 0.346. The third-order valence-electron chi connectivity index (χ3n) is 5.27.